The van der Waals surface area contributed by atoms with Gasteiger partial charge in [-0.3, -0.25) is 0 Å². The van der Waals surface area contributed by atoms with Gasteiger partial charge in [0.1, 0.15) is 5.01 Å². The van der Waals surface area contributed by atoms with E-state index in [2.05, 4.69) is 31.1 Å². The smallest absolute Gasteiger partial charge is 0.103 e. The monoisotopic (exact) mass is 215 g/mol. The minimum Gasteiger partial charge on any atom is -0.245 e. The molecule has 0 aliphatic heterocycles. The molecule has 13 heavy (non-hydrogen) atoms. The Morgan fingerprint density at radius 2 is 2.31 bits per heavy atom. The Bertz CT molecular complexity index is 243. The first-order valence-corrected chi connectivity index (χ1v) is 6.76. The normalized spacial score (nSPS) is 11.1. The second-order valence-electron chi connectivity index (χ2n) is 3.50. The van der Waals surface area contributed by atoms with E-state index in [4.69, 9.17) is 0 Å². The first-order chi connectivity index (χ1) is 6.22. The number of hydrogen-bond donors (Lipinski definition) is 0. The predicted octanol–water partition coefficient (Wildman–Crippen LogP) is 3.59. The molecule has 1 aromatic heterocycles. The van der Waals surface area contributed by atoms with Crippen molar-refractivity contribution in [3.8, 4) is 0 Å². The standard InChI is InChI=1S/C10H17NS2/c1-4-9-6-13-10(11-9)7-12-5-8(2)3/h6,8H,4-5,7H2,1-3H3. The third-order valence-electron chi connectivity index (χ3n) is 1.64. The summed E-state index contributed by atoms with van der Waals surface area (Å²) >= 11 is 3.78. The van der Waals surface area contributed by atoms with Crippen LogP contribution in [0.1, 0.15) is 31.5 Å². The van der Waals surface area contributed by atoms with E-state index in [0.717, 1.165) is 18.1 Å². The van der Waals surface area contributed by atoms with E-state index in [9.17, 15) is 0 Å². The molecule has 0 aliphatic carbocycles. The second-order valence-corrected chi connectivity index (χ2v) is 5.47. The van der Waals surface area contributed by atoms with Gasteiger partial charge in [0.25, 0.3) is 0 Å². The van der Waals surface area contributed by atoms with E-state index in [1.54, 1.807) is 11.3 Å². The van der Waals surface area contributed by atoms with Crippen LogP contribution in [0.2, 0.25) is 0 Å². The SMILES string of the molecule is CCc1csc(CSCC(C)C)n1. The maximum Gasteiger partial charge on any atom is 0.103 e. The van der Waals surface area contributed by atoms with Gasteiger partial charge < -0.3 is 0 Å². The molecule has 0 aliphatic rings. The zero-order valence-electron chi connectivity index (χ0n) is 8.54. The number of nitrogens with zero attached hydrogens (tertiary/aromatic N) is 1. The number of aryl methyl sites for hydroxylation is 1. The molecule has 1 heterocycles. The lowest BCUT2D eigenvalue weighted by molar-refractivity contribution is 0.750. The van der Waals surface area contributed by atoms with E-state index in [-0.39, 0.29) is 0 Å². The van der Waals surface area contributed by atoms with Crippen LogP contribution in [0.3, 0.4) is 0 Å². The lowest BCUT2D eigenvalue weighted by Gasteiger charge is -2.01. The van der Waals surface area contributed by atoms with Crippen molar-refractivity contribution in [3.63, 3.8) is 0 Å². The number of thioether (sulfide) groups is 1. The summed E-state index contributed by atoms with van der Waals surface area (Å²) in [7, 11) is 0. The fourth-order valence-corrected chi connectivity index (χ4v) is 2.97. The van der Waals surface area contributed by atoms with Gasteiger partial charge in [-0.2, -0.15) is 11.8 Å². The Hall–Kier alpha value is -0.0200. The molecule has 0 saturated carbocycles. The Kier molecular flexibility index (Phi) is 4.81. The van der Waals surface area contributed by atoms with Gasteiger partial charge in [0.15, 0.2) is 0 Å². The molecule has 0 radical (unpaired) electrons. The molecule has 0 atom stereocenters. The summed E-state index contributed by atoms with van der Waals surface area (Å²) in [6.07, 6.45) is 1.06. The van der Waals surface area contributed by atoms with Gasteiger partial charge in [0, 0.05) is 11.1 Å². The molecule has 0 spiro atoms. The van der Waals surface area contributed by atoms with Crippen molar-refractivity contribution in [2.45, 2.75) is 32.9 Å². The zero-order chi connectivity index (χ0) is 9.68. The highest BCUT2D eigenvalue weighted by Gasteiger charge is 2.01. The second kappa shape index (κ2) is 5.66. The molecule has 0 aromatic carbocycles. The fourth-order valence-electron chi connectivity index (χ4n) is 0.960. The summed E-state index contributed by atoms with van der Waals surface area (Å²) in [6.45, 7) is 6.67. The lowest BCUT2D eigenvalue weighted by atomic mass is 10.3. The van der Waals surface area contributed by atoms with Crippen molar-refractivity contribution in [2.75, 3.05) is 5.75 Å². The molecule has 1 nitrogen and oxygen atoms in total. The average molecular weight is 215 g/mol. The molecule has 1 aromatic rings. The van der Waals surface area contributed by atoms with Gasteiger partial charge in [0.2, 0.25) is 0 Å². The summed E-state index contributed by atoms with van der Waals surface area (Å²) < 4.78 is 0. The topological polar surface area (TPSA) is 12.9 Å². The van der Waals surface area contributed by atoms with Crippen LogP contribution < -0.4 is 0 Å². The number of rotatable bonds is 5. The van der Waals surface area contributed by atoms with Crippen molar-refractivity contribution in [1.29, 1.82) is 0 Å². The molecule has 74 valence electrons. The summed E-state index contributed by atoms with van der Waals surface area (Å²) in [5.41, 5.74) is 1.24. The fraction of sp³-hybridized carbons (Fsp3) is 0.700. The molecular weight excluding hydrogens is 198 g/mol. The van der Waals surface area contributed by atoms with Gasteiger partial charge in [-0.1, -0.05) is 20.8 Å². The van der Waals surface area contributed by atoms with Crippen LogP contribution in [-0.4, -0.2) is 10.7 Å². The molecular formula is C10H17NS2. The lowest BCUT2D eigenvalue weighted by Crippen LogP contribution is -1.91. The van der Waals surface area contributed by atoms with E-state index in [0.29, 0.717) is 0 Å². The molecule has 0 bridgehead atoms. The minimum atomic E-state index is 0.788. The number of thiazole rings is 1. The van der Waals surface area contributed by atoms with Crippen molar-refractivity contribution >= 4 is 23.1 Å². The van der Waals surface area contributed by atoms with Crippen molar-refractivity contribution < 1.29 is 0 Å². The maximum absolute atomic E-state index is 4.52. The quantitative estimate of drug-likeness (QED) is 0.744. The average Bonchev–Trinajstić information content (AvgIpc) is 2.52. The molecule has 1 rings (SSSR count). The summed E-state index contributed by atoms with van der Waals surface area (Å²) in [6, 6.07) is 0. The van der Waals surface area contributed by atoms with Crippen LogP contribution in [0.4, 0.5) is 0 Å². The van der Waals surface area contributed by atoms with E-state index < -0.39 is 0 Å². The van der Waals surface area contributed by atoms with Crippen LogP contribution in [0.25, 0.3) is 0 Å². The maximum atomic E-state index is 4.52. The van der Waals surface area contributed by atoms with E-state index in [1.807, 2.05) is 11.8 Å². The highest BCUT2D eigenvalue weighted by Crippen LogP contribution is 2.18. The highest BCUT2D eigenvalue weighted by atomic mass is 32.2. The Morgan fingerprint density at radius 3 is 2.85 bits per heavy atom. The molecule has 3 heteroatoms. The van der Waals surface area contributed by atoms with Crippen LogP contribution >= 0.6 is 23.1 Å². The summed E-state index contributed by atoms with van der Waals surface area (Å²) in [4.78, 5) is 4.52. The molecule has 0 saturated heterocycles. The van der Waals surface area contributed by atoms with Gasteiger partial charge in [-0.05, 0) is 18.1 Å². The first-order valence-electron chi connectivity index (χ1n) is 4.73. The molecule has 0 unspecified atom stereocenters. The Labute approximate surface area is 89.0 Å². The number of hydrogen-bond acceptors (Lipinski definition) is 3. The van der Waals surface area contributed by atoms with E-state index >= 15 is 0 Å². The summed E-state index contributed by atoms with van der Waals surface area (Å²) in [5.74, 6) is 3.11. The Morgan fingerprint density at radius 1 is 1.54 bits per heavy atom. The summed E-state index contributed by atoms with van der Waals surface area (Å²) in [5, 5.41) is 3.45. The van der Waals surface area contributed by atoms with Gasteiger partial charge in [0.05, 0.1) is 5.69 Å². The van der Waals surface area contributed by atoms with Crippen LogP contribution in [0.15, 0.2) is 5.38 Å². The van der Waals surface area contributed by atoms with Crippen molar-refractivity contribution in [3.05, 3.63) is 16.1 Å². The van der Waals surface area contributed by atoms with E-state index in [1.165, 1.54) is 16.5 Å². The van der Waals surface area contributed by atoms with Crippen LogP contribution in [0.5, 0.6) is 0 Å². The van der Waals surface area contributed by atoms with Crippen molar-refractivity contribution in [2.24, 2.45) is 5.92 Å². The highest BCUT2D eigenvalue weighted by molar-refractivity contribution is 7.98. The molecule has 0 fully saturated rings. The van der Waals surface area contributed by atoms with Crippen molar-refractivity contribution in [1.82, 2.24) is 4.98 Å². The first kappa shape index (κ1) is 11.1. The van der Waals surface area contributed by atoms with Gasteiger partial charge in [-0.15, -0.1) is 11.3 Å². The third-order valence-corrected chi connectivity index (χ3v) is 4.10. The largest absolute Gasteiger partial charge is 0.245 e. The minimum absolute atomic E-state index is 0.788. The third kappa shape index (κ3) is 4.14. The molecule has 0 N–H and O–H groups in total. The predicted molar refractivity (Wildman–Crippen MR) is 62.5 cm³/mol. The van der Waals surface area contributed by atoms with Crippen LogP contribution in [0, 0.1) is 5.92 Å². The zero-order valence-corrected chi connectivity index (χ0v) is 10.2. The number of aromatic nitrogens is 1. The van der Waals surface area contributed by atoms with Gasteiger partial charge in [-0.25, -0.2) is 4.98 Å². The van der Waals surface area contributed by atoms with Gasteiger partial charge >= 0.3 is 0 Å². The Balaban J connectivity index is 2.28. The molecule has 0 amide bonds. The van der Waals surface area contributed by atoms with Crippen LogP contribution in [-0.2, 0) is 12.2 Å².